The molecule has 0 amide bonds. The summed E-state index contributed by atoms with van der Waals surface area (Å²) in [7, 11) is 0. The molecule has 1 rings (SSSR count). The number of hydrogen-bond donors (Lipinski definition) is 1. The van der Waals surface area contributed by atoms with Gasteiger partial charge in [-0.05, 0) is 49.4 Å². The van der Waals surface area contributed by atoms with Crippen molar-refractivity contribution in [3.05, 3.63) is 29.3 Å². The molecule has 1 aromatic carbocycles. The fourth-order valence-corrected chi connectivity index (χ4v) is 2.06. The fourth-order valence-electron chi connectivity index (χ4n) is 2.06. The first kappa shape index (κ1) is 14.1. The number of nitrogens with one attached hydrogen (secondary N) is 1. The standard InChI is InChI=1S/C16H27N/c1-6-8-15-11-16(10-9-13(15)4)17-14(5)12(3)7-2/h9-12,14,17H,6-8H2,1-5H3. The first-order valence-corrected chi connectivity index (χ1v) is 6.94. The molecule has 0 aliphatic rings. The highest BCUT2D eigenvalue weighted by Crippen LogP contribution is 2.19. The van der Waals surface area contributed by atoms with Crippen LogP contribution in [0.15, 0.2) is 18.2 Å². The Balaban J connectivity index is 2.74. The van der Waals surface area contributed by atoms with Gasteiger partial charge in [0.15, 0.2) is 0 Å². The maximum absolute atomic E-state index is 3.62. The van der Waals surface area contributed by atoms with Gasteiger partial charge in [-0.2, -0.15) is 0 Å². The van der Waals surface area contributed by atoms with Crippen LogP contribution in [-0.4, -0.2) is 6.04 Å². The lowest BCUT2D eigenvalue weighted by atomic mass is 9.99. The Bertz CT molecular complexity index is 343. The summed E-state index contributed by atoms with van der Waals surface area (Å²) < 4.78 is 0. The van der Waals surface area contributed by atoms with Crippen molar-refractivity contribution >= 4 is 5.69 Å². The van der Waals surface area contributed by atoms with Gasteiger partial charge in [-0.1, -0.05) is 39.7 Å². The first-order chi connectivity index (χ1) is 8.08. The van der Waals surface area contributed by atoms with E-state index in [0.717, 1.165) is 0 Å². The van der Waals surface area contributed by atoms with Crippen LogP contribution in [0.3, 0.4) is 0 Å². The molecule has 1 N–H and O–H groups in total. The van der Waals surface area contributed by atoms with Gasteiger partial charge in [-0.15, -0.1) is 0 Å². The molecule has 96 valence electrons. The maximum atomic E-state index is 3.62. The molecule has 2 atom stereocenters. The van der Waals surface area contributed by atoms with E-state index >= 15 is 0 Å². The van der Waals surface area contributed by atoms with Crippen molar-refractivity contribution < 1.29 is 0 Å². The number of aryl methyl sites for hydroxylation is 2. The Morgan fingerprint density at radius 1 is 1.18 bits per heavy atom. The minimum Gasteiger partial charge on any atom is -0.382 e. The van der Waals surface area contributed by atoms with Gasteiger partial charge in [0.05, 0.1) is 0 Å². The summed E-state index contributed by atoms with van der Waals surface area (Å²) in [6.07, 6.45) is 3.62. The Morgan fingerprint density at radius 2 is 1.88 bits per heavy atom. The Labute approximate surface area is 107 Å². The van der Waals surface area contributed by atoms with Gasteiger partial charge in [0.1, 0.15) is 0 Å². The SMILES string of the molecule is CCCc1cc(NC(C)C(C)CC)ccc1C. The number of anilines is 1. The number of benzene rings is 1. The highest BCUT2D eigenvalue weighted by Gasteiger charge is 2.10. The van der Waals surface area contributed by atoms with Crippen molar-refractivity contribution in [3.63, 3.8) is 0 Å². The third kappa shape index (κ3) is 4.07. The van der Waals surface area contributed by atoms with Crippen LogP contribution in [0.2, 0.25) is 0 Å². The second-order valence-electron chi connectivity index (χ2n) is 5.21. The highest BCUT2D eigenvalue weighted by atomic mass is 14.9. The molecular formula is C16H27N. The van der Waals surface area contributed by atoms with E-state index in [1.165, 1.54) is 36.1 Å². The van der Waals surface area contributed by atoms with Crippen LogP contribution in [0, 0.1) is 12.8 Å². The van der Waals surface area contributed by atoms with E-state index in [1.807, 2.05) is 0 Å². The van der Waals surface area contributed by atoms with Crippen LogP contribution in [-0.2, 0) is 6.42 Å². The summed E-state index contributed by atoms with van der Waals surface area (Å²) in [4.78, 5) is 0. The Hall–Kier alpha value is -0.980. The van der Waals surface area contributed by atoms with Crippen LogP contribution in [0.1, 0.15) is 51.7 Å². The topological polar surface area (TPSA) is 12.0 Å². The summed E-state index contributed by atoms with van der Waals surface area (Å²) in [5, 5.41) is 3.62. The van der Waals surface area contributed by atoms with Gasteiger partial charge in [-0.25, -0.2) is 0 Å². The van der Waals surface area contributed by atoms with Crippen molar-refractivity contribution in [2.45, 2.75) is 59.9 Å². The third-order valence-corrected chi connectivity index (χ3v) is 3.76. The van der Waals surface area contributed by atoms with Gasteiger partial charge in [-0.3, -0.25) is 0 Å². The lowest BCUT2D eigenvalue weighted by Crippen LogP contribution is -2.23. The zero-order valence-corrected chi connectivity index (χ0v) is 12.0. The second-order valence-corrected chi connectivity index (χ2v) is 5.21. The van der Waals surface area contributed by atoms with Crippen molar-refractivity contribution in [2.75, 3.05) is 5.32 Å². The minimum atomic E-state index is 0.539. The van der Waals surface area contributed by atoms with Gasteiger partial charge in [0.25, 0.3) is 0 Å². The van der Waals surface area contributed by atoms with Crippen LogP contribution >= 0.6 is 0 Å². The van der Waals surface area contributed by atoms with E-state index < -0.39 is 0 Å². The van der Waals surface area contributed by atoms with E-state index in [2.05, 4.69) is 58.1 Å². The zero-order valence-electron chi connectivity index (χ0n) is 12.0. The van der Waals surface area contributed by atoms with Crippen LogP contribution in [0.25, 0.3) is 0 Å². The Morgan fingerprint density at radius 3 is 2.47 bits per heavy atom. The van der Waals surface area contributed by atoms with Crippen LogP contribution < -0.4 is 5.32 Å². The van der Waals surface area contributed by atoms with Gasteiger partial charge < -0.3 is 5.32 Å². The molecule has 17 heavy (non-hydrogen) atoms. The predicted octanol–water partition coefficient (Wildman–Crippen LogP) is 4.79. The van der Waals surface area contributed by atoms with E-state index in [0.29, 0.717) is 12.0 Å². The van der Waals surface area contributed by atoms with E-state index in [1.54, 1.807) is 0 Å². The molecule has 0 aliphatic carbocycles. The highest BCUT2D eigenvalue weighted by molar-refractivity contribution is 5.49. The predicted molar refractivity (Wildman–Crippen MR) is 77.7 cm³/mol. The summed E-state index contributed by atoms with van der Waals surface area (Å²) >= 11 is 0. The van der Waals surface area contributed by atoms with E-state index in [-0.39, 0.29) is 0 Å². The van der Waals surface area contributed by atoms with E-state index in [9.17, 15) is 0 Å². The smallest absolute Gasteiger partial charge is 0.0345 e. The molecule has 0 bridgehead atoms. The minimum absolute atomic E-state index is 0.539. The molecule has 0 saturated heterocycles. The molecular weight excluding hydrogens is 206 g/mol. The monoisotopic (exact) mass is 233 g/mol. The first-order valence-electron chi connectivity index (χ1n) is 6.94. The van der Waals surface area contributed by atoms with Crippen LogP contribution in [0.5, 0.6) is 0 Å². The average molecular weight is 233 g/mol. The molecule has 0 heterocycles. The quantitative estimate of drug-likeness (QED) is 0.744. The van der Waals surface area contributed by atoms with Crippen LogP contribution in [0.4, 0.5) is 5.69 Å². The molecule has 0 saturated carbocycles. The van der Waals surface area contributed by atoms with Crippen molar-refractivity contribution in [2.24, 2.45) is 5.92 Å². The molecule has 1 nitrogen and oxygen atoms in total. The maximum Gasteiger partial charge on any atom is 0.0345 e. The lowest BCUT2D eigenvalue weighted by Gasteiger charge is -2.21. The molecule has 0 fully saturated rings. The molecule has 0 aromatic heterocycles. The molecule has 1 aromatic rings. The molecule has 0 radical (unpaired) electrons. The fraction of sp³-hybridized carbons (Fsp3) is 0.625. The van der Waals surface area contributed by atoms with Gasteiger partial charge in [0, 0.05) is 11.7 Å². The third-order valence-electron chi connectivity index (χ3n) is 3.76. The van der Waals surface area contributed by atoms with Crippen molar-refractivity contribution in [1.82, 2.24) is 0 Å². The normalized spacial score (nSPS) is 14.4. The molecule has 0 spiro atoms. The zero-order chi connectivity index (χ0) is 12.8. The van der Waals surface area contributed by atoms with E-state index in [4.69, 9.17) is 0 Å². The summed E-state index contributed by atoms with van der Waals surface area (Å²) in [6.45, 7) is 11.3. The molecule has 0 aliphatic heterocycles. The van der Waals surface area contributed by atoms with Gasteiger partial charge >= 0.3 is 0 Å². The average Bonchev–Trinajstić information content (AvgIpc) is 2.32. The Kier molecular flexibility index (Phi) is 5.54. The molecule has 1 heteroatoms. The number of rotatable bonds is 6. The number of hydrogen-bond acceptors (Lipinski definition) is 1. The molecule has 2 unspecified atom stereocenters. The van der Waals surface area contributed by atoms with Gasteiger partial charge in [0.2, 0.25) is 0 Å². The summed E-state index contributed by atoms with van der Waals surface area (Å²) in [5.74, 6) is 0.714. The van der Waals surface area contributed by atoms with Crippen molar-refractivity contribution in [3.8, 4) is 0 Å². The van der Waals surface area contributed by atoms with Crippen molar-refractivity contribution in [1.29, 1.82) is 0 Å². The summed E-state index contributed by atoms with van der Waals surface area (Å²) in [6, 6.07) is 7.29. The largest absolute Gasteiger partial charge is 0.382 e. The summed E-state index contributed by atoms with van der Waals surface area (Å²) in [5.41, 5.74) is 4.16. The lowest BCUT2D eigenvalue weighted by molar-refractivity contribution is 0.494. The second kappa shape index (κ2) is 6.68.